The summed E-state index contributed by atoms with van der Waals surface area (Å²) in [5, 5.41) is 0.952. The Balaban J connectivity index is 1.76. The Kier molecular flexibility index (Phi) is 2.98. The van der Waals surface area contributed by atoms with E-state index in [2.05, 4.69) is 16.8 Å². The number of aromatic nitrogens is 2. The molecule has 2 aliphatic rings. The van der Waals surface area contributed by atoms with Gasteiger partial charge in [0.1, 0.15) is 5.82 Å². The second-order valence-electron chi connectivity index (χ2n) is 6.57. The molecule has 4 heteroatoms. The molecule has 0 bridgehead atoms. The molecule has 4 rings (SSSR count). The first-order valence-corrected chi connectivity index (χ1v) is 8.03. The number of para-hydroxylation sites is 1. The number of nitrogens with zero attached hydrogens (tertiary/aromatic N) is 3. The van der Waals surface area contributed by atoms with Gasteiger partial charge in [-0.05, 0) is 36.8 Å². The fourth-order valence-electron chi connectivity index (χ4n) is 4.22. The van der Waals surface area contributed by atoms with Crippen LogP contribution in [0.5, 0.6) is 0 Å². The van der Waals surface area contributed by atoms with Gasteiger partial charge in [0.2, 0.25) is 5.95 Å². The first kappa shape index (κ1) is 12.9. The highest BCUT2D eigenvalue weighted by atomic mass is 15.3. The Morgan fingerprint density at radius 2 is 1.95 bits per heavy atom. The highest BCUT2D eigenvalue weighted by Gasteiger charge is 2.41. The molecule has 3 atom stereocenters. The summed E-state index contributed by atoms with van der Waals surface area (Å²) in [6, 6.07) is 8.61. The molecule has 2 aromatic rings. The van der Waals surface area contributed by atoms with Crippen LogP contribution in [0.2, 0.25) is 0 Å². The normalized spacial score (nSPS) is 28.8. The number of nitrogens with two attached hydrogens (primary N) is 1. The minimum atomic E-state index is 0.600. The van der Waals surface area contributed by atoms with Crippen LogP contribution in [0.3, 0.4) is 0 Å². The fourth-order valence-corrected chi connectivity index (χ4v) is 4.22. The van der Waals surface area contributed by atoms with E-state index >= 15 is 0 Å². The van der Waals surface area contributed by atoms with Crippen molar-refractivity contribution in [3.63, 3.8) is 0 Å². The molecule has 1 aliphatic heterocycles. The van der Waals surface area contributed by atoms with E-state index in [1.165, 1.54) is 25.7 Å². The van der Waals surface area contributed by atoms with Gasteiger partial charge in [-0.1, -0.05) is 31.9 Å². The van der Waals surface area contributed by atoms with Gasteiger partial charge in [-0.25, -0.2) is 4.98 Å². The zero-order valence-corrected chi connectivity index (χ0v) is 12.5. The van der Waals surface area contributed by atoms with Gasteiger partial charge in [0.25, 0.3) is 0 Å². The number of nitrogen functional groups attached to an aromatic ring is 1. The molecule has 3 unspecified atom stereocenters. The number of anilines is 2. The van der Waals surface area contributed by atoms with Crippen LogP contribution in [0.15, 0.2) is 24.3 Å². The molecule has 1 aliphatic carbocycles. The molecule has 1 saturated heterocycles. The maximum Gasteiger partial charge on any atom is 0.228 e. The highest BCUT2D eigenvalue weighted by Crippen LogP contribution is 2.41. The summed E-state index contributed by atoms with van der Waals surface area (Å²) in [6.45, 7) is 3.43. The maximum absolute atomic E-state index is 6.15. The number of fused-ring (bicyclic) bond motifs is 2. The van der Waals surface area contributed by atoms with E-state index in [1.54, 1.807) is 0 Å². The third-order valence-electron chi connectivity index (χ3n) is 5.28. The predicted molar refractivity (Wildman–Crippen MR) is 86.2 cm³/mol. The summed E-state index contributed by atoms with van der Waals surface area (Å²) in [5.74, 6) is 2.96. The Bertz CT molecular complexity index is 669. The van der Waals surface area contributed by atoms with E-state index < -0.39 is 0 Å². The van der Waals surface area contributed by atoms with Crippen molar-refractivity contribution in [2.24, 2.45) is 11.8 Å². The van der Waals surface area contributed by atoms with E-state index in [9.17, 15) is 0 Å². The molecule has 4 nitrogen and oxygen atoms in total. The summed E-state index contributed by atoms with van der Waals surface area (Å²) in [4.78, 5) is 11.8. The smallest absolute Gasteiger partial charge is 0.228 e. The first-order chi connectivity index (χ1) is 10.2. The van der Waals surface area contributed by atoms with Crippen LogP contribution in [-0.4, -0.2) is 22.6 Å². The topological polar surface area (TPSA) is 55.0 Å². The zero-order valence-electron chi connectivity index (χ0n) is 12.5. The van der Waals surface area contributed by atoms with Gasteiger partial charge in [0, 0.05) is 18.0 Å². The predicted octanol–water partition coefficient (Wildman–Crippen LogP) is 3.23. The van der Waals surface area contributed by atoms with Crippen LogP contribution in [-0.2, 0) is 0 Å². The summed E-state index contributed by atoms with van der Waals surface area (Å²) in [5.41, 5.74) is 7.10. The summed E-state index contributed by atoms with van der Waals surface area (Å²) < 4.78 is 0. The molecule has 2 N–H and O–H groups in total. The van der Waals surface area contributed by atoms with Gasteiger partial charge < -0.3 is 10.6 Å². The van der Waals surface area contributed by atoms with Crippen LogP contribution < -0.4 is 10.6 Å². The molecule has 1 aromatic carbocycles. The maximum atomic E-state index is 6.15. The van der Waals surface area contributed by atoms with Gasteiger partial charge in [-0.3, -0.25) is 0 Å². The SMILES string of the molecule is CC1CN(c2nc(N)c3ccccc3n2)C2CCCCC12. The van der Waals surface area contributed by atoms with Crippen molar-refractivity contribution in [1.29, 1.82) is 0 Å². The van der Waals surface area contributed by atoms with Gasteiger partial charge in [0.05, 0.1) is 5.52 Å². The number of hydrogen-bond donors (Lipinski definition) is 1. The molecule has 0 radical (unpaired) electrons. The molecule has 0 spiro atoms. The molecular weight excluding hydrogens is 260 g/mol. The fraction of sp³-hybridized carbons (Fsp3) is 0.529. The molecule has 1 saturated carbocycles. The van der Waals surface area contributed by atoms with Crippen LogP contribution in [0.4, 0.5) is 11.8 Å². The molecule has 110 valence electrons. The number of benzene rings is 1. The van der Waals surface area contributed by atoms with Crippen molar-refractivity contribution in [1.82, 2.24) is 9.97 Å². The minimum Gasteiger partial charge on any atom is -0.383 e. The van der Waals surface area contributed by atoms with Crippen molar-refractivity contribution >= 4 is 22.7 Å². The van der Waals surface area contributed by atoms with E-state index in [0.29, 0.717) is 11.9 Å². The van der Waals surface area contributed by atoms with Crippen LogP contribution in [0.25, 0.3) is 10.9 Å². The number of hydrogen-bond acceptors (Lipinski definition) is 4. The Hall–Kier alpha value is -1.84. The molecule has 21 heavy (non-hydrogen) atoms. The van der Waals surface area contributed by atoms with E-state index in [0.717, 1.165) is 35.2 Å². The van der Waals surface area contributed by atoms with Crippen LogP contribution >= 0.6 is 0 Å². The quantitative estimate of drug-likeness (QED) is 0.872. The lowest BCUT2D eigenvalue weighted by atomic mass is 9.80. The number of rotatable bonds is 1. The van der Waals surface area contributed by atoms with E-state index in [1.807, 2.05) is 24.3 Å². The molecule has 1 aromatic heterocycles. The molecular formula is C17H22N4. The third-order valence-corrected chi connectivity index (χ3v) is 5.28. The summed E-state index contributed by atoms with van der Waals surface area (Å²) >= 11 is 0. The van der Waals surface area contributed by atoms with Gasteiger partial charge in [0.15, 0.2) is 0 Å². The third kappa shape index (κ3) is 2.04. The zero-order chi connectivity index (χ0) is 14.4. The highest BCUT2D eigenvalue weighted by molar-refractivity contribution is 5.88. The second kappa shape index (κ2) is 4.86. The van der Waals surface area contributed by atoms with Gasteiger partial charge in [-0.15, -0.1) is 0 Å². The van der Waals surface area contributed by atoms with Crippen LogP contribution in [0.1, 0.15) is 32.6 Å². The van der Waals surface area contributed by atoms with E-state index in [-0.39, 0.29) is 0 Å². The summed E-state index contributed by atoms with van der Waals surface area (Å²) in [6.07, 6.45) is 5.32. The molecule has 2 heterocycles. The van der Waals surface area contributed by atoms with Crippen molar-refractivity contribution in [3.05, 3.63) is 24.3 Å². The lowest BCUT2D eigenvalue weighted by Crippen LogP contribution is -2.36. The molecule has 0 amide bonds. The van der Waals surface area contributed by atoms with Gasteiger partial charge in [-0.2, -0.15) is 4.98 Å². The lowest BCUT2D eigenvalue weighted by molar-refractivity contribution is 0.293. The minimum absolute atomic E-state index is 0.600. The average Bonchev–Trinajstić information content (AvgIpc) is 2.85. The lowest BCUT2D eigenvalue weighted by Gasteiger charge is -2.32. The molecule has 2 fully saturated rings. The standard InChI is InChI=1S/C17H22N4/c1-11-10-21(15-9-5-3-6-12(11)15)17-19-14-8-4-2-7-13(14)16(18)20-17/h2,4,7-8,11-12,15H,3,5-6,9-10H2,1H3,(H2,18,19,20). The van der Waals surface area contributed by atoms with E-state index in [4.69, 9.17) is 10.7 Å². The monoisotopic (exact) mass is 282 g/mol. The summed E-state index contributed by atoms with van der Waals surface area (Å²) in [7, 11) is 0. The first-order valence-electron chi connectivity index (χ1n) is 8.03. The largest absolute Gasteiger partial charge is 0.383 e. The Labute approximate surface area is 125 Å². The van der Waals surface area contributed by atoms with Gasteiger partial charge >= 0.3 is 0 Å². The Morgan fingerprint density at radius 1 is 1.14 bits per heavy atom. The van der Waals surface area contributed by atoms with Crippen molar-refractivity contribution in [3.8, 4) is 0 Å². The van der Waals surface area contributed by atoms with Crippen molar-refractivity contribution in [2.45, 2.75) is 38.6 Å². The second-order valence-corrected chi connectivity index (χ2v) is 6.57. The average molecular weight is 282 g/mol. The Morgan fingerprint density at radius 3 is 2.86 bits per heavy atom. The van der Waals surface area contributed by atoms with Crippen LogP contribution in [0, 0.1) is 11.8 Å². The van der Waals surface area contributed by atoms with Crippen molar-refractivity contribution in [2.75, 3.05) is 17.2 Å². The van der Waals surface area contributed by atoms with Crippen molar-refractivity contribution < 1.29 is 0 Å².